The van der Waals surface area contributed by atoms with E-state index < -0.39 is 24.3 Å². The van der Waals surface area contributed by atoms with Crippen LogP contribution in [0.25, 0.3) is 0 Å². The fourth-order valence-electron chi connectivity index (χ4n) is 1.30. The molecule has 1 aromatic carbocycles. The van der Waals surface area contributed by atoms with Gasteiger partial charge in [-0.2, -0.15) is 13.2 Å². The van der Waals surface area contributed by atoms with Gasteiger partial charge in [0.1, 0.15) is 5.70 Å². The van der Waals surface area contributed by atoms with E-state index in [9.17, 15) is 18.0 Å². The topological polar surface area (TPSA) is 38.3 Å². The number of aryl methyl sites for hydroxylation is 1. The fraction of sp³-hybridized carbons (Fsp3) is 0.308. The summed E-state index contributed by atoms with van der Waals surface area (Å²) in [5, 5.41) is 2.25. The molecule has 19 heavy (non-hydrogen) atoms. The zero-order chi connectivity index (χ0) is 14.5. The molecule has 0 fully saturated rings. The van der Waals surface area contributed by atoms with E-state index in [1.165, 1.54) is 12.1 Å². The van der Waals surface area contributed by atoms with E-state index >= 15 is 0 Å². The van der Waals surface area contributed by atoms with Crippen molar-refractivity contribution in [3.05, 3.63) is 41.6 Å². The van der Waals surface area contributed by atoms with Crippen LogP contribution in [0, 0.1) is 6.92 Å². The second-order valence-electron chi connectivity index (χ2n) is 3.89. The number of allylic oxidation sites excluding steroid dienone is 1. The van der Waals surface area contributed by atoms with E-state index in [0.29, 0.717) is 5.69 Å². The number of methoxy groups -OCH3 is 1. The Hall–Kier alpha value is -1.98. The van der Waals surface area contributed by atoms with Crippen molar-refractivity contribution in [2.24, 2.45) is 0 Å². The van der Waals surface area contributed by atoms with Gasteiger partial charge in [0, 0.05) is 5.69 Å². The normalized spacial score (nSPS) is 12.2. The lowest BCUT2D eigenvalue weighted by Gasteiger charge is -2.14. The van der Waals surface area contributed by atoms with Crippen LogP contribution in [0.4, 0.5) is 18.9 Å². The highest BCUT2D eigenvalue weighted by Crippen LogP contribution is 2.27. The zero-order valence-electron chi connectivity index (χ0n) is 10.5. The summed E-state index contributed by atoms with van der Waals surface area (Å²) in [5.74, 6) is -0.729. The highest BCUT2D eigenvalue weighted by Gasteiger charge is 2.33. The van der Waals surface area contributed by atoms with Gasteiger partial charge < -0.3 is 10.1 Å². The third-order valence-corrected chi connectivity index (χ3v) is 2.34. The molecule has 0 aromatic heterocycles. The monoisotopic (exact) mass is 273 g/mol. The predicted molar refractivity (Wildman–Crippen MR) is 65.6 cm³/mol. The Labute approximate surface area is 109 Å². The molecule has 0 spiro atoms. The largest absolute Gasteiger partial charge is 0.469 e. The van der Waals surface area contributed by atoms with Gasteiger partial charge in [0.05, 0.1) is 13.5 Å². The van der Waals surface area contributed by atoms with Crippen LogP contribution in [-0.4, -0.2) is 19.3 Å². The van der Waals surface area contributed by atoms with Crippen LogP contribution in [0.1, 0.15) is 12.0 Å². The number of carbonyl (C=O) groups is 1. The van der Waals surface area contributed by atoms with Gasteiger partial charge in [-0.05, 0) is 25.1 Å². The Balaban J connectivity index is 2.86. The Morgan fingerprint density at radius 2 is 1.89 bits per heavy atom. The zero-order valence-corrected chi connectivity index (χ0v) is 10.5. The van der Waals surface area contributed by atoms with Crippen LogP contribution >= 0.6 is 0 Å². The SMILES string of the molecule is COC(=O)C/C=C(\Nc1ccc(C)cc1)C(F)(F)F. The molecule has 0 aliphatic rings. The van der Waals surface area contributed by atoms with Crippen LogP contribution < -0.4 is 5.32 Å². The van der Waals surface area contributed by atoms with Crippen molar-refractivity contribution >= 4 is 11.7 Å². The fourth-order valence-corrected chi connectivity index (χ4v) is 1.30. The Morgan fingerprint density at radius 3 is 2.37 bits per heavy atom. The maximum Gasteiger partial charge on any atom is 0.430 e. The number of nitrogens with one attached hydrogen (secondary N) is 1. The molecule has 0 saturated heterocycles. The highest BCUT2D eigenvalue weighted by molar-refractivity contribution is 5.71. The second-order valence-corrected chi connectivity index (χ2v) is 3.89. The summed E-state index contributed by atoms with van der Waals surface area (Å²) in [4.78, 5) is 10.9. The van der Waals surface area contributed by atoms with Crippen LogP contribution in [0.15, 0.2) is 36.0 Å². The van der Waals surface area contributed by atoms with Gasteiger partial charge >= 0.3 is 12.1 Å². The van der Waals surface area contributed by atoms with Gasteiger partial charge in [-0.25, -0.2) is 0 Å². The Kier molecular flexibility index (Phi) is 4.97. The highest BCUT2D eigenvalue weighted by atomic mass is 19.4. The summed E-state index contributed by atoms with van der Waals surface area (Å²) in [6.07, 6.45) is -4.23. The first-order valence-corrected chi connectivity index (χ1v) is 5.51. The van der Waals surface area contributed by atoms with Crippen molar-refractivity contribution in [1.82, 2.24) is 0 Å². The smallest absolute Gasteiger partial charge is 0.430 e. The summed E-state index contributed by atoms with van der Waals surface area (Å²) in [6, 6.07) is 6.45. The number of halogens is 3. The summed E-state index contributed by atoms with van der Waals surface area (Å²) in [6.45, 7) is 1.83. The number of rotatable bonds is 4. The first kappa shape index (κ1) is 15.1. The third kappa shape index (κ3) is 5.03. The first-order valence-electron chi connectivity index (χ1n) is 5.51. The lowest BCUT2D eigenvalue weighted by Crippen LogP contribution is -2.19. The van der Waals surface area contributed by atoms with E-state index in [4.69, 9.17) is 0 Å². The molecule has 0 radical (unpaired) electrons. The van der Waals surface area contributed by atoms with Gasteiger partial charge in [-0.1, -0.05) is 17.7 Å². The lowest BCUT2D eigenvalue weighted by atomic mass is 10.2. The van der Waals surface area contributed by atoms with E-state index in [1.807, 2.05) is 6.92 Å². The molecule has 1 rings (SSSR count). The van der Waals surface area contributed by atoms with Crippen molar-refractivity contribution < 1.29 is 22.7 Å². The van der Waals surface area contributed by atoms with Crippen LogP contribution in [-0.2, 0) is 9.53 Å². The van der Waals surface area contributed by atoms with Gasteiger partial charge in [0.15, 0.2) is 0 Å². The van der Waals surface area contributed by atoms with E-state index in [0.717, 1.165) is 18.7 Å². The minimum Gasteiger partial charge on any atom is -0.469 e. The number of esters is 1. The molecule has 0 bridgehead atoms. The number of anilines is 1. The van der Waals surface area contributed by atoms with Gasteiger partial charge in [-0.15, -0.1) is 0 Å². The quantitative estimate of drug-likeness (QED) is 0.854. The van der Waals surface area contributed by atoms with Crippen molar-refractivity contribution in [1.29, 1.82) is 0 Å². The maximum atomic E-state index is 12.8. The molecule has 0 saturated carbocycles. The maximum absolute atomic E-state index is 12.8. The third-order valence-electron chi connectivity index (χ3n) is 2.34. The minimum absolute atomic E-state index is 0.305. The molecule has 3 nitrogen and oxygen atoms in total. The molecular formula is C13H14F3NO2. The van der Waals surface area contributed by atoms with Gasteiger partial charge in [0.25, 0.3) is 0 Å². The first-order chi connectivity index (χ1) is 8.82. The van der Waals surface area contributed by atoms with E-state index in [-0.39, 0.29) is 0 Å². The summed E-state index contributed by atoms with van der Waals surface area (Å²) in [5.41, 5.74) is 0.262. The van der Waals surface area contributed by atoms with Crippen LogP contribution in [0.3, 0.4) is 0 Å². The number of hydrogen-bond acceptors (Lipinski definition) is 3. The minimum atomic E-state index is -4.56. The molecule has 6 heteroatoms. The molecule has 1 N–H and O–H groups in total. The molecular weight excluding hydrogens is 259 g/mol. The van der Waals surface area contributed by atoms with Gasteiger partial charge in [-0.3, -0.25) is 4.79 Å². The van der Waals surface area contributed by atoms with Crippen LogP contribution in [0.2, 0.25) is 0 Å². The van der Waals surface area contributed by atoms with Crippen molar-refractivity contribution in [2.45, 2.75) is 19.5 Å². The molecule has 0 atom stereocenters. The molecule has 0 amide bonds. The van der Waals surface area contributed by atoms with Crippen LogP contribution in [0.5, 0.6) is 0 Å². The van der Waals surface area contributed by atoms with Crippen molar-refractivity contribution in [3.8, 4) is 0 Å². The molecule has 0 heterocycles. The molecule has 104 valence electrons. The molecule has 0 aliphatic carbocycles. The number of hydrogen-bond donors (Lipinski definition) is 1. The Morgan fingerprint density at radius 1 is 1.32 bits per heavy atom. The summed E-state index contributed by atoms with van der Waals surface area (Å²) >= 11 is 0. The lowest BCUT2D eigenvalue weighted by molar-refractivity contribution is -0.139. The van der Waals surface area contributed by atoms with Gasteiger partial charge in [0.2, 0.25) is 0 Å². The van der Waals surface area contributed by atoms with Crippen molar-refractivity contribution in [2.75, 3.05) is 12.4 Å². The number of alkyl halides is 3. The summed E-state index contributed by atoms with van der Waals surface area (Å²) in [7, 11) is 1.12. The summed E-state index contributed by atoms with van der Waals surface area (Å²) < 4.78 is 42.6. The second kappa shape index (κ2) is 6.26. The number of benzene rings is 1. The standard InChI is InChI=1S/C13H14F3NO2/c1-9-3-5-10(6-4-9)17-11(13(14,15)16)7-8-12(18)19-2/h3-7,17H,8H2,1-2H3/b11-7-. The molecule has 0 aliphatic heterocycles. The average Bonchev–Trinajstić information content (AvgIpc) is 2.34. The number of ether oxygens (including phenoxy) is 1. The van der Waals surface area contributed by atoms with E-state index in [2.05, 4.69) is 10.1 Å². The average molecular weight is 273 g/mol. The Bertz CT molecular complexity index is 464. The van der Waals surface area contributed by atoms with E-state index in [1.54, 1.807) is 12.1 Å². The molecule has 0 unspecified atom stereocenters. The van der Waals surface area contributed by atoms with Crippen molar-refractivity contribution in [3.63, 3.8) is 0 Å². The number of carbonyl (C=O) groups excluding carboxylic acids is 1. The molecule has 1 aromatic rings. The predicted octanol–water partition coefficient (Wildman–Crippen LogP) is 3.42.